The van der Waals surface area contributed by atoms with Gasteiger partial charge >= 0.3 is 5.97 Å². The van der Waals surface area contributed by atoms with Gasteiger partial charge in [0.15, 0.2) is 0 Å². The number of rotatable bonds is 3. The molecule has 0 radical (unpaired) electrons. The van der Waals surface area contributed by atoms with Crippen molar-refractivity contribution in [2.75, 3.05) is 6.61 Å². The third kappa shape index (κ3) is 2.43. The second-order valence-electron chi connectivity index (χ2n) is 2.96. The van der Waals surface area contributed by atoms with Gasteiger partial charge in [0, 0.05) is 11.8 Å². The minimum absolute atomic E-state index is 0.0832. The van der Waals surface area contributed by atoms with Crippen LogP contribution in [0.5, 0.6) is 0 Å². The zero-order valence-corrected chi connectivity index (χ0v) is 8.57. The second-order valence-corrected chi connectivity index (χ2v) is 2.96. The molecular weight excluding hydrogens is 201 g/mol. The van der Waals surface area contributed by atoms with Crippen molar-refractivity contribution < 1.29 is 13.9 Å². The Labute approximate surface area is 86.3 Å². The molecule has 0 amide bonds. The molecule has 4 nitrogen and oxygen atoms in total. The number of carbonyl (C=O) groups is 1. The van der Waals surface area contributed by atoms with E-state index in [0.717, 1.165) is 4.57 Å². The minimum Gasteiger partial charge on any atom is -0.462 e. The molecule has 0 bridgehead atoms. The molecule has 5 heteroatoms. The van der Waals surface area contributed by atoms with Crippen molar-refractivity contribution in [2.24, 2.45) is 0 Å². The highest BCUT2D eigenvalue weighted by molar-refractivity contribution is 5.72. The van der Waals surface area contributed by atoms with Gasteiger partial charge in [0.05, 0.1) is 6.61 Å². The fraction of sp³-hybridized carbons (Fsp3) is 0.400. The van der Waals surface area contributed by atoms with Crippen molar-refractivity contribution in [3.63, 3.8) is 0 Å². The monoisotopic (exact) mass is 213 g/mol. The van der Waals surface area contributed by atoms with Gasteiger partial charge in [-0.05, 0) is 19.9 Å². The summed E-state index contributed by atoms with van der Waals surface area (Å²) in [6.07, 6.45) is -2.07. The number of ether oxygens (including phenoxy) is 1. The summed E-state index contributed by atoms with van der Waals surface area (Å²) in [7, 11) is 0. The lowest BCUT2D eigenvalue weighted by molar-refractivity contribution is -0.153. The molecule has 1 aromatic heterocycles. The normalized spacial score (nSPS) is 12.2. The molecule has 0 aromatic carbocycles. The van der Waals surface area contributed by atoms with Gasteiger partial charge in [0.1, 0.15) is 0 Å². The number of hydrogen-bond donors (Lipinski definition) is 0. The Kier molecular flexibility index (Phi) is 3.60. The number of halogens is 1. The molecule has 82 valence electrons. The lowest BCUT2D eigenvalue weighted by atomic mass is 10.3. The van der Waals surface area contributed by atoms with Gasteiger partial charge < -0.3 is 4.74 Å². The van der Waals surface area contributed by atoms with Crippen LogP contribution in [0.3, 0.4) is 0 Å². The summed E-state index contributed by atoms with van der Waals surface area (Å²) in [5.41, 5.74) is -0.182. The Morgan fingerprint density at radius 1 is 1.60 bits per heavy atom. The predicted octanol–water partition coefficient (Wildman–Crippen LogP) is 1.19. The minimum atomic E-state index is -2.07. The highest BCUT2D eigenvalue weighted by Gasteiger charge is 2.22. The quantitative estimate of drug-likeness (QED) is 0.708. The van der Waals surface area contributed by atoms with Gasteiger partial charge in [-0.25, -0.2) is 9.18 Å². The first-order valence-corrected chi connectivity index (χ1v) is 4.56. The first kappa shape index (κ1) is 11.4. The van der Waals surface area contributed by atoms with E-state index in [9.17, 15) is 14.0 Å². The van der Waals surface area contributed by atoms with E-state index >= 15 is 0 Å². The van der Waals surface area contributed by atoms with E-state index in [1.165, 1.54) is 12.1 Å². The molecule has 15 heavy (non-hydrogen) atoms. The van der Waals surface area contributed by atoms with Crippen LogP contribution in [-0.4, -0.2) is 17.1 Å². The van der Waals surface area contributed by atoms with Crippen LogP contribution in [0.4, 0.5) is 4.39 Å². The van der Waals surface area contributed by atoms with E-state index in [-0.39, 0.29) is 6.61 Å². The number of nitrogens with zero attached hydrogens (tertiary/aromatic N) is 1. The Hall–Kier alpha value is -1.65. The van der Waals surface area contributed by atoms with Crippen LogP contribution in [0.2, 0.25) is 0 Å². The number of pyridine rings is 1. The highest BCUT2D eigenvalue weighted by Crippen LogP contribution is 2.10. The maximum absolute atomic E-state index is 13.5. The molecule has 0 aliphatic carbocycles. The van der Waals surface area contributed by atoms with Gasteiger partial charge in [0.25, 0.3) is 11.9 Å². The molecule has 0 spiro atoms. The Bertz CT molecular complexity index is 413. The molecule has 0 aliphatic heterocycles. The average Bonchev–Trinajstić information content (AvgIpc) is 2.17. The zero-order chi connectivity index (χ0) is 11.4. The average molecular weight is 213 g/mol. The fourth-order valence-corrected chi connectivity index (χ4v) is 1.21. The zero-order valence-electron chi connectivity index (χ0n) is 8.57. The SMILES string of the molecule is CCOC(=O)C(F)n1c(C)cccc1=O. The Morgan fingerprint density at radius 2 is 2.27 bits per heavy atom. The van der Waals surface area contributed by atoms with Crippen molar-refractivity contribution in [2.45, 2.75) is 20.1 Å². The fourth-order valence-electron chi connectivity index (χ4n) is 1.21. The van der Waals surface area contributed by atoms with Crippen molar-refractivity contribution >= 4 is 5.97 Å². The Balaban J connectivity index is 3.06. The smallest absolute Gasteiger partial charge is 0.362 e. The van der Waals surface area contributed by atoms with Crippen LogP contribution in [0.15, 0.2) is 23.0 Å². The maximum Gasteiger partial charge on any atom is 0.362 e. The van der Waals surface area contributed by atoms with E-state index in [1.54, 1.807) is 19.9 Å². The lowest BCUT2D eigenvalue weighted by Gasteiger charge is -2.12. The third-order valence-electron chi connectivity index (χ3n) is 1.90. The number of carbonyl (C=O) groups excluding carboxylic acids is 1. The van der Waals surface area contributed by atoms with E-state index in [1.807, 2.05) is 0 Å². The molecule has 1 unspecified atom stereocenters. The highest BCUT2D eigenvalue weighted by atomic mass is 19.1. The van der Waals surface area contributed by atoms with Crippen LogP contribution in [0.1, 0.15) is 18.9 Å². The van der Waals surface area contributed by atoms with Crippen LogP contribution >= 0.6 is 0 Å². The number of esters is 1. The van der Waals surface area contributed by atoms with Gasteiger partial charge in [-0.3, -0.25) is 9.36 Å². The summed E-state index contributed by atoms with van der Waals surface area (Å²) < 4.78 is 18.8. The van der Waals surface area contributed by atoms with E-state index in [4.69, 9.17) is 0 Å². The molecule has 0 saturated heterocycles. The van der Waals surface area contributed by atoms with Gasteiger partial charge in [-0.15, -0.1) is 0 Å². The van der Waals surface area contributed by atoms with Crippen molar-refractivity contribution in [1.29, 1.82) is 0 Å². The number of alkyl halides is 1. The largest absolute Gasteiger partial charge is 0.462 e. The first-order valence-electron chi connectivity index (χ1n) is 4.56. The van der Waals surface area contributed by atoms with E-state index in [2.05, 4.69) is 4.74 Å². The molecule has 0 fully saturated rings. The van der Waals surface area contributed by atoms with E-state index in [0.29, 0.717) is 5.69 Å². The lowest BCUT2D eigenvalue weighted by Crippen LogP contribution is -2.29. The van der Waals surface area contributed by atoms with Gasteiger partial charge in [0.2, 0.25) is 0 Å². The maximum atomic E-state index is 13.5. The summed E-state index contributed by atoms with van der Waals surface area (Å²) in [5, 5.41) is 0. The predicted molar refractivity (Wildman–Crippen MR) is 52.2 cm³/mol. The van der Waals surface area contributed by atoms with E-state index < -0.39 is 17.8 Å². The standard InChI is InChI=1S/C10H12FNO3/c1-3-15-10(14)9(11)12-7(2)5-4-6-8(12)13/h4-6,9H,3H2,1-2H3. The van der Waals surface area contributed by atoms with Crippen LogP contribution in [-0.2, 0) is 9.53 Å². The van der Waals surface area contributed by atoms with Crippen molar-refractivity contribution in [3.8, 4) is 0 Å². The van der Waals surface area contributed by atoms with Gasteiger partial charge in [-0.2, -0.15) is 0 Å². The number of hydrogen-bond acceptors (Lipinski definition) is 3. The third-order valence-corrected chi connectivity index (χ3v) is 1.90. The van der Waals surface area contributed by atoms with Crippen LogP contribution < -0.4 is 5.56 Å². The molecule has 1 aromatic rings. The topological polar surface area (TPSA) is 48.3 Å². The Morgan fingerprint density at radius 3 is 2.80 bits per heavy atom. The summed E-state index contributed by atoms with van der Waals surface area (Å²) in [5.74, 6) is -1.05. The first-order chi connectivity index (χ1) is 7.07. The second kappa shape index (κ2) is 4.72. The van der Waals surface area contributed by atoms with Crippen molar-refractivity contribution in [1.82, 2.24) is 4.57 Å². The molecule has 0 saturated carbocycles. The summed E-state index contributed by atoms with van der Waals surface area (Å²) in [6.45, 7) is 3.21. The molecule has 0 aliphatic rings. The molecule has 1 rings (SSSR count). The number of aryl methyl sites for hydroxylation is 1. The van der Waals surface area contributed by atoms with Gasteiger partial charge in [-0.1, -0.05) is 6.07 Å². The number of aromatic nitrogens is 1. The summed E-state index contributed by atoms with van der Waals surface area (Å²) in [4.78, 5) is 22.4. The van der Waals surface area contributed by atoms with Crippen molar-refractivity contribution in [3.05, 3.63) is 34.2 Å². The molecule has 1 heterocycles. The summed E-state index contributed by atoms with van der Waals surface area (Å²) >= 11 is 0. The van der Waals surface area contributed by atoms with Crippen LogP contribution in [0.25, 0.3) is 0 Å². The molecule has 0 N–H and O–H groups in total. The molecule has 1 atom stereocenters. The summed E-state index contributed by atoms with van der Waals surface area (Å²) in [6, 6.07) is 4.25. The van der Waals surface area contributed by atoms with Crippen LogP contribution in [0, 0.1) is 6.92 Å². The molecular formula is C10H12FNO3.